The molecule has 7 heteroatoms. The maximum absolute atomic E-state index is 11.8. The molecular formula is C11H21NO5S. The standard InChI is InChI=1S/C11H21NO5S/c1-2-17-7-8-18(15,16)12-10-6-4-3-5-9(10)11(13)14/h9-10,12H,2-8H2,1H3,(H,13,14). The molecule has 0 saturated heterocycles. The van der Waals surface area contributed by atoms with Crippen LogP contribution in [-0.2, 0) is 19.6 Å². The van der Waals surface area contributed by atoms with E-state index in [-0.39, 0.29) is 12.4 Å². The molecule has 1 saturated carbocycles. The van der Waals surface area contributed by atoms with Crippen LogP contribution in [0.2, 0.25) is 0 Å². The van der Waals surface area contributed by atoms with Crippen LogP contribution < -0.4 is 4.72 Å². The third-order valence-corrected chi connectivity index (χ3v) is 4.48. The van der Waals surface area contributed by atoms with Crippen molar-refractivity contribution in [3.8, 4) is 0 Å². The molecule has 2 N–H and O–H groups in total. The predicted octanol–water partition coefficient (Wildman–Crippen LogP) is 0.586. The van der Waals surface area contributed by atoms with Gasteiger partial charge in [-0.05, 0) is 19.8 Å². The summed E-state index contributed by atoms with van der Waals surface area (Å²) in [6.07, 6.45) is 2.83. The van der Waals surface area contributed by atoms with E-state index in [1.807, 2.05) is 0 Å². The van der Waals surface area contributed by atoms with E-state index in [1.54, 1.807) is 6.92 Å². The Hall–Kier alpha value is -0.660. The lowest BCUT2D eigenvalue weighted by Crippen LogP contribution is -2.46. The molecular weight excluding hydrogens is 258 g/mol. The zero-order valence-corrected chi connectivity index (χ0v) is 11.4. The highest BCUT2D eigenvalue weighted by Crippen LogP contribution is 2.25. The average molecular weight is 279 g/mol. The van der Waals surface area contributed by atoms with Crippen molar-refractivity contribution < 1.29 is 23.1 Å². The van der Waals surface area contributed by atoms with E-state index in [0.717, 1.165) is 12.8 Å². The number of ether oxygens (including phenoxy) is 1. The number of nitrogens with one attached hydrogen (secondary N) is 1. The van der Waals surface area contributed by atoms with Crippen molar-refractivity contribution in [2.45, 2.75) is 38.6 Å². The van der Waals surface area contributed by atoms with Crippen molar-refractivity contribution in [3.63, 3.8) is 0 Å². The smallest absolute Gasteiger partial charge is 0.308 e. The first-order chi connectivity index (χ1) is 8.46. The Labute approximate surface area is 108 Å². The minimum atomic E-state index is -3.46. The van der Waals surface area contributed by atoms with Crippen LogP contribution in [0.3, 0.4) is 0 Å². The highest BCUT2D eigenvalue weighted by atomic mass is 32.2. The second-order valence-electron chi connectivity index (χ2n) is 4.47. The van der Waals surface area contributed by atoms with Crippen molar-refractivity contribution in [1.82, 2.24) is 4.72 Å². The van der Waals surface area contributed by atoms with Gasteiger partial charge >= 0.3 is 5.97 Å². The molecule has 0 aromatic heterocycles. The Morgan fingerprint density at radius 1 is 1.39 bits per heavy atom. The molecule has 0 radical (unpaired) electrons. The lowest BCUT2D eigenvalue weighted by molar-refractivity contribution is -0.143. The molecule has 2 atom stereocenters. The van der Waals surface area contributed by atoms with Crippen LogP contribution in [0.5, 0.6) is 0 Å². The summed E-state index contributed by atoms with van der Waals surface area (Å²) in [6, 6.07) is -0.483. The van der Waals surface area contributed by atoms with Gasteiger partial charge in [0, 0.05) is 12.6 Å². The topological polar surface area (TPSA) is 92.7 Å². The fraction of sp³-hybridized carbons (Fsp3) is 0.909. The second kappa shape index (κ2) is 7.06. The van der Waals surface area contributed by atoms with Gasteiger partial charge in [0.25, 0.3) is 0 Å². The van der Waals surface area contributed by atoms with Crippen molar-refractivity contribution >= 4 is 16.0 Å². The quantitative estimate of drug-likeness (QED) is 0.665. The lowest BCUT2D eigenvalue weighted by atomic mass is 9.85. The fourth-order valence-electron chi connectivity index (χ4n) is 2.17. The third kappa shape index (κ3) is 4.91. The molecule has 0 aliphatic heterocycles. The SMILES string of the molecule is CCOCCS(=O)(=O)NC1CCCCC1C(=O)O. The van der Waals surface area contributed by atoms with Crippen LogP contribution in [-0.4, -0.2) is 44.5 Å². The number of aliphatic carboxylic acids is 1. The Bertz CT molecular complexity index is 368. The summed E-state index contributed by atoms with van der Waals surface area (Å²) >= 11 is 0. The second-order valence-corrected chi connectivity index (χ2v) is 6.34. The van der Waals surface area contributed by atoms with Gasteiger partial charge in [0.15, 0.2) is 0 Å². The number of hydrogen-bond donors (Lipinski definition) is 2. The van der Waals surface area contributed by atoms with Crippen LogP contribution >= 0.6 is 0 Å². The minimum Gasteiger partial charge on any atom is -0.481 e. The van der Waals surface area contributed by atoms with E-state index < -0.39 is 28.0 Å². The van der Waals surface area contributed by atoms with Gasteiger partial charge in [-0.3, -0.25) is 4.79 Å². The molecule has 0 aromatic rings. The van der Waals surface area contributed by atoms with Crippen molar-refractivity contribution in [1.29, 1.82) is 0 Å². The van der Waals surface area contributed by atoms with Gasteiger partial charge in [-0.2, -0.15) is 0 Å². The minimum absolute atomic E-state index is 0.121. The summed E-state index contributed by atoms with van der Waals surface area (Å²) in [5.74, 6) is -1.66. The molecule has 1 aliphatic carbocycles. The average Bonchev–Trinajstić information content (AvgIpc) is 2.29. The molecule has 106 valence electrons. The van der Waals surface area contributed by atoms with Crippen molar-refractivity contribution in [2.75, 3.05) is 19.0 Å². The first-order valence-electron chi connectivity index (χ1n) is 6.27. The summed E-state index contributed by atoms with van der Waals surface area (Å²) in [7, 11) is -3.46. The fourth-order valence-corrected chi connectivity index (χ4v) is 3.37. The molecule has 0 amide bonds. The molecule has 1 fully saturated rings. The van der Waals surface area contributed by atoms with Gasteiger partial charge in [0.05, 0.1) is 18.3 Å². The van der Waals surface area contributed by atoms with Gasteiger partial charge in [-0.25, -0.2) is 13.1 Å². The van der Waals surface area contributed by atoms with Crippen LogP contribution in [0.4, 0.5) is 0 Å². The summed E-state index contributed by atoms with van der Waals surface area (Å²) in [5, 5.41) is 9.06. The first-order valence-corrected chi connectivity index (χ1v) is 7.92. The number of sulfonamides is 1. The predicted molar refractivity (Wildman–Crippen MR) is 66.8 cm³/mol. The Kier molecular flexibility index (Phi) is 6.04. The molecule has 0 bridgehead atoms. The molecule has 1 aliphatic rings. The molecule has 0 spiro atoms. The maximum Gasteiger partial charge on any atom is 0.308 e. The van der Waals surface area contributed by atoms with Crippen molar-refractivity contribution in [3.05, 3.63) is 0 Å². The third-order valence-electron chi connectivity index (χ3n) is 3.11. The first kappa shape index (κ1) is 15.4. The zero-order valence-electron chi connectivity index (χ0n) is 10.6. The van der Waals surface area contributed by atoms with E-state index in [4.69, 9.17) is 9.84 Å². The van der Waals surface area contributed by atoms with E-state index in [1.165, 1.54) is 0 Å². The Morgan fingerprint density at radius 2 is 2.06 bits per heavy atom. The lowest BCUT2D eigenvalue weighted by Gasteiger charge is -2.28. The van der Waals surface area contributed by atoms with Crippen LogP contribution in [0.15, 0.2) is 0 Å². The number of rotatable bonds is 7. The monoisotopic (exact) mass is 279 g/mol. The zero-order chi connectivity index (χ0) is 13.6. The largest absolute Gasteiger partial charge is 0.481 e. The molecule has 0 aromatic carbocycles. The summed E-state index contributed by atoms with van der Waals surface area (Å²) in [5.41, 5.74) is 0. The van der Waals surface area contributed by atoms with Gasteiger partial charge in [-0.15, -0.1) is 0 Å². The molecule has 0 heterocycles. The van der Waals surface area contributed by atoms with Gasteiger partial charge in [0.2, 0.25) is 10.0 Å². The van der Waals surface area contributed by atoms with Gasteiger partial charge in [0.1, 0.15) is 0 Å². The van der Waals surface area contributed by atoms with Gasteiger partial charge < -0.3 is 9.84 Å². The summed E-state index contributed by atoms with van der Waals surface area (Å²) < 4.78 is 31.0. The molecule has 6 nitrogen and oxygen atoms in total. The summed E-state index contributed by atoms with van der Waals surface area (Å²) in [6.45, 7) is 2.40. The number of carboxylic acid groups (broad SMARTS) is 1. The highest BCUT2D eigenvalue weighted by Gasteiger charge is 2.33. The van der Waals surface area contributed by atoms with Crippen LogP contribution in [0.1, 0.15) is 32.6 Å². The van der Waals surface area contributed by atoms with Gasteiger partial charge in [-0.1, -0.05) is 12.8 Å². The van der Waals surface area contributed by atoms with E-state index in [2.05, 4.69) is 4.72 Å². The number of carboxylic acids is 1. The number of carbonyl (C=O) groups is 1. The molecule has 1 rings (SSSR count). The van der Waals surface area contributed by atoms with E-state index in [9.17, 15) is 13.2 Å². The maximum atomic E-state index is 11.8. The molecule has 18 heavy (non-hydrogen) atoms. The molecule has 2 unspecified atom stereocenters. The Balaban J connectivity index is 2.55. The van der Waals surface area contributed by atoms with Crippen LogP contribution in [0.25, 0.3) is 0 Å². The highest BCUT2D eigenvalue weighted by molar-refractivity contribution is 7.89. The van der Waals surface area contributed by atoms with E-state index in [0.29, 0.717) is 19.4 Å². The Morgan fingerprint density at radius 3 is 2.67 bits per heavy atom. The van der Waals surface area contributed by atoms with E-state index >= 15 is 0 Å². The normalized spacial score (nSPS) is 24.9. The summed E-state index contributed by atoms with van der Waals surface area (Å²) in [4.78, 5) is 11.1. The number of hydrogen-bond acceptors (Lipinski definition) is 4. The van der Waals surface area contributed by atoms with Crippen LogP contribution in [0, 0.1) is 5.92 Å². The van der Waals surface area contributed by atoms with Crippen molar-refractivity contribution in [2.24, 2.45) is 5.92 Å².